The predicted octanol–water partition coefficient (Wildman–Crippen LogP) is 2.56. The summed E-state index contributed by atoms with van der Waals surface area (Å²) in [6.07, 6.45) is 1.06. The summed E-state index contributed by atoms with van der Waals surface area (Å²) >= 11 is 3.43. The molecule has 2 rings (SSSR count). The fraction of sp³-hybridized carbons (Fsp3) is 0.533. The van der Waals surface area contributed by atoms with Crippen LogP contribution in [0.5, 0.6) is 0 Å². The zero-order valence-corrected chi connectivity index (χ0v) is 13.2. The lowest BCUT2D eigenvalue weighted by atomic mass is 10.0. The molecule has 20 heavy (non-hydrogen) atoms. The molecule has 0 aliphatic carbocycles. The van der Waals surface area contributed by atoms with Crippen molar-refractivity contribution in [2.75, 3.05) is 19.8 Å². The van der Waals surface area contributed by atoms with E-state index in [-0.39, 0.29) is 12.5 Å². The molecule has 5 heteroatoms. The van der Waals surface area contributed by atoms with Gasteiger partial charge in [-0.1, -0.05) is 28.1 Å². The Morgan fingerprint density at radius 3 is 2.85 bits per heavy atom. The molecule has 0 radical (unpaired) electrons. The van der Waals surface area contributed by atoms with Crippen molar-refractivity contribution in [1.82, 2.24) is 4.90 Å². The molecule has 1 fully saturated rings. The van der Waals surface area contributed by atoms with Crippen molar-refractivity contribution in [1.29, 1.82) is 0 Å². The molecule has 1 aliphatic rings. The number of nitrogens with zero attached hydrogens (tertiary/aromatic N) is 1. The molecule has 2 atom stereocenters. The Morgan fingerprint density at radius 2 is 2.20 bits per heavy atom. The minimum absolute atomic E-state index is 0.0216. The standard InChI is InChI=1S/C15H20BrNO3/c1-11(8-12-2-4-13(16)5-3-12)17-6-7-20-10-14(17)9-15(18)19/h2-5,11,14H,6-10H2,1H3,(H,18,19). The molecule has 2 unspecified atom stereocenters. The van der Waals surface area contributed by atoms with Gasteiger partial charge in [-0.05, 0) is 31.0 Å². The van der Waals surface area contributed by atoms with Gasteiger partial charge in [0, 0.05) is 23.1 Å². The Bertz CT molecular complexity index is 449. The molecular weight excluding hydrogens is 322 g/mol. The summed E-state index contributed by atoms with van der Waals surface area (Å²) in [7, 11) is 0. The molecule has 1 heterocycles. The number of carboxylic acid groups (broad SMARTS) is 1. The van der Waals surface area contributed by atoms with Crippen LogP contribution in [0.25, 0.3) is 0 Å². The molecule has 1 aromatic carbocycles. The van der Waals surface area contributed by atoms with E-state index in [4.69, 9.17) is 9.84 Å². The molecule has 0 aromatic heterocycles. The molecule has 0 saturated carbocycles. The number of rotatable bonds is 5. The summed E-state index contributed by atoms with van der Waals surface area (Å²) in [5, 5.41) is 9.00. The number of morpholine rings is 1. The van der Waals surface area contributed by atoms with Crippen LogP contribution in [0.4, 0.5) is 0 Å². The predicted molar refractivity (Wildman–Crippen MR) is 80.9 cm³/mol. The van der Waals surface area contributed by atoms with Crippen LogP contribution in [-0.2, 0) is 16.0 Å². The maximum atomic E-state index is 10.9. The van der Waals surface area contributed by atoms with Gasteiger partial charge in [-0.25, -0.2) is 0 Å². The highest BCUT2D eigenvalue weighted by atomic mass is 79.9. The molecule has 0 spiro atoms. The number of hydrogen-bond donors (Lipinski definition) is 1. The zero-order chi connectivity index (χ0) is 14.5. The maximum Gasteiger partial charge on any atom is 0.305 e. The van der Waals surface area contributed by atoms with E-state index in [1.54, 1.807) is 0 Å². The Kier molecular flexibility index (Phi) is 5.57. The number of hydrogen-bond acceptors (Lipinski definition) is 3. The van der Waals surface area contributed by atoms with Crippen molar-refractivity contribution in [2.45, 2.75) is 31.8 Å². The Labute approximate surface area is 127 Å². The maximum absolute atomic E-state index is 10.9. The van der Waals surface area contributed by atoms with Gasteiger partial charge in [0.05, 0.1) is 19.6 Å². The van der Waals surface area contributed by atoms with Crippen LogP contribution in [-0.4, -0.2) is 47.8 Å². The van der Waals surface area contributed by atoms with E-state index >= 15 is 0 Å². The van der Waals surface area contributed by atoms with Gasteiger partial charge in [0.25, 0.3) is 0 Å². The first kappa shape index (κ1) is 15.5. The highest BCUT2D eigenvalue weighted by molar-refractivity contribution is 9.10. The monoisotopic (exact) mass is 341 g/mol. The molecule has 0 bridgehead atoms. The van der Waals surface area contributed by atoms with Crippen molar-refractivity contribution in [3.8, 4) is 0 Å². The topological polar surface area (TPSA) is 49.8 Å². The summed E-state index contributed by atoms with van der Waals surface area (Å²) in [4.78, 5) is 13.2. The SMILES string of the molecule is CC(Cc1ccc(Br)cc1)N1CCOCC1CC(=O)O. The number of benzene rings is 1. The van der Waals surface area contributed by atoms with Gasteiger partial charge in [-0.15, -0.1) is 0 Å². The van der Waals surface area contributed by atoms with Crippen LogP contribution in [0.15, 0.2) is 28.7 Å². The van der Waals surface area contributed by atoms with E-state index in [2.05, 4.69) is 39.9 Å². The normalized spacial score (nSPS) is 21.6. The Morgan fingerprint density at radius 1 is 1.50 bits per heavy atom. The molecule has 1 aliphatic heterocycles. The minimum atomic E-state index is -0.763. The summed E-state index contributed by atoms with van der Waals surface area (Å²) in [6.45, 7) is 4.15. The van der Waals surface area contributed by atoms with Crippen molar-refractivity contribution >= 4 is 21.9 Å². The Balaban J connectivity index is 1.99. The van der Waals surface area contributed by atoms with Gasteiger partial charge in [0.15, 0.2) is 0 Å². The lowest BCUT2D eigenvalue weighted by molar-refractivity contribution is -0.140. The first-order valence-corrected chi connectivity index (χ1v) is 7.65. The average Bonchev–Trinajstić information content (AvgIpc) is 2.41. The number of ether oxygens (including phenoxy) is 1. The van der Waals surface area contributed by atoms with Crippen molar-refractivity contribution in [3.63, 3.8) is 0 Å². The lowest BCUT2D eigenvalue weighted by Crippen LogP contribution is -2.51. The first-order valence-electron chi connectivity index (χ1n) is 6.86. The zero-order valence-electron chi connectivity index (χ0n) is 11.6. The third-order valence-corrected chi connectivity index (χ3v) is 4.22. The number of aliphatic carboxylic acids is 1. The second-order valence-corrected chi connectivity index (χ2v) is 6.16. The second-order valence-electron chi connectivity index (χ2n) is 5.24. The number of carbonyl (C=O) groups is 1. The molecule has 1 aromatic rings. The van der Waals surface area contributed by atoms with Gasteiger partial charge < -0.3 is 9.84 Å². The second kappa shape index (κ2) is 7.20. The summed E-state index contributed by atoms with van der Waals surface area (Å²) in [6, 6.07) is 8.57. The average molecular weight is 342 g/mol. The Hall–Kier alpha value is -0.910. The number of halogens is 1. The highest BCUT2D eigenvalue weighted by Crippen LogP contribution is 2.18. The molecule has 0 amide bonds. The smallest absolute Gasteiger partial charge is 0.305 e. The van der Waals surface area contributed by atoms with Crippen LogP contribution >= 0.6 is 15.9 Å². The van der Waals surface area contributed by atoms with Gasteiger partial charge in [0.1, 0.15) is 0 Å². The van der Waals surface area contributed by atoms with Crippen molar-refractivity contribution < 1.29 is 14.6 Å². The van der Waals surface area contributed by atoms with Gasteiger partial charge in [0.2, 0.25) is 0 Å². The van der Waals surface area contributed by atoms with Crippen LogP contribution < -0.4 is 0 Å². The third kappa shape index (κ3) is 4.30. The third-order valence-electron chi connectivity index (χ3n) is 3.69. The van der Waals surface area contributed by atoms with E-state index in [9.17, 15) is 4.79 Å². The largest absolute Gasteiger partial charge is 0.481 e. The molecule has 110 valence electrons. The van der Waals surface area contributed by atoms with Gasteiger partial charge in [-0.2, -0.15) is 0 Å². The quantitative estimate of drug-likeness (QED) is 0.894. The van der Waals surface area contributed by atoms with Crippen molar-refractivity contribution in [2.24, 2.45) is 0 Å². The van der Waals surface area contributed by atoms with Crippen LogP contribution in [0.2, 0.25) is 0 Å². The van der Waals surface area contributed by atoms with Crippen LogP contribution in [0, 0.1) is 0 Å². The van der Waals surface area contributed by atoms with E-state index in [0.717, 1.165) is 17.4 Å². The van der Waals surface area contributed by atoms with Crippen LogP contribution in [0.1, 0.15) is 18.9 Å². The molecule has 1 N–H and O–H groups in total. The van der Waals surface area contributed by atoms with Crippen molar-refractivity contribution in [3.05, 3.63) is 34.3 Å². The summed E-state index contributed by atoms with van der Waals surface area (Å²) in [5.74, 6) is -0.763. The molecule has 1 saturated heterocycles. The number of carboxylic acids is 1. The first-order chi connectivity index (χ1) is 9.56. The molecular formula is C15H20BrNO3. The van der Waals surface area contributed by atoms with Gasteiger partial charge in [-0.3, -0.25) is 9.69 Å². The fourth-order valence-corrected chi connectivity index (χ4v) is 2.97. The van der Waals surface area contributed by atoms with E-state index in [0.29, 0.717) is 19.3 Å². The van der Waals surface area contributed by atoms with Crippen LogP contribution in [0.3, 0.4) is 0 Å². The lowest BCUT2D eigenvalue weighted by Gasteiger charge is -2.39. The molecule has 4 nitrogen and oxygen atoms in total. The van der Waals surface area contributed by atoms with Gasteiger partial charge >= 0.3 is 5.97 Å². The summed E-state index contributed by atoms with van der Waals surface area (Å²) in [5.41, 5.74) is 1.27. The summed E-state index contributed by atoms with van der Waals surface area (Å²) < 4.78 is 6.49. The highest BCUT2D eigenvalue weighted by Gasteiger charge is 2.28. The fourth-order valence-electron chi connectivity index (χ4n) is 2.70. The minimum Gasteiger partial charge on any atom is -0.481 e. The van der Waals surface area contributed by atoms with E-state index in [1.807, 2.05) is 12.1 Å². The van der Waals surface area contributed by atoms with E-state index < -0.39 is 5.97 Å². The van der Waals surface area contributed by atoms with E-state index in [1.165, 1.54) is 5.56 Å².